The van der Waals surface area contributed by atoms with Gasteiger partial charge in [0, 0.05) is 28.1 Å². The average Bonchev–Trinajstić information content (AvgIpc) is 2.65. The topological polar surface area (TPSA) is 32.3 Å². The zero-order valence-corrected chi connectivity index (χ0v) is 11.7. The maximum atomic E-state index is 10.0. The van der Waals surface area contributed by atoms with E-state index in [0.29, 0.717) is 6.54 Å². The summed E-state index contributed by atoms with van der Waals surface area (Å²) in [7, 11) is 0. The highest BCUT2D eigenvalue weighted by Crippen LogP contribution is 2.35. The maximum absolute atomic E-state index is 10.0. The van der Waals surface area contributed by atoms with Crippen LogP contribution in [-0.2, 0) is 6.54 Å². The number of rotatable bonds is 4. The largest absolute Gasteiger partial charge is 0.389 e. The van der Waals surface area contributed by atoms with Crippen LogP contribution >= 0.6 is 22.9 Å². The van der Waals surface area contributed by atoms with Crippen LogP contribution in [0.3, 0.4) is 0 Å². The van der Waals surface area contributed by atoms with Crippen molar-refractivity contribution in [3.63, 3.8) is 0 Å². The van der Waals surface area contributed by atoms with E-state index in [1.165, 1.54) is 4.70 Å². The molecule has 0 spiro atoms. The maximum Gasteiger partial charge on any atom is 0.0771 e. The zero-order valence-electron chi connectivity index (χ0n) is 10.1. The standard InChI is InChI=1S/C14H16ClNOS/c15-13-10-4-1-2-5-11(10)18-12(13)8-16-9-14(17)6-3-7-14/h1-2,4-5,16-17H,3,6-9H2. The van der Waals surface area contributed by atoms with Crippen molar-refractivity contribution in [2.24, 2.45) is 0 Å². The summed E-state index contributed by atoms with van der Waals surface area (Å²) < 4.78 is 1.22. The lowest BCUT2D eigenvalue weighted by molar-refractivity contribution is -0.0314. The molecule has 1 aromatic heterocycles. The van der Waals surface area contributed by atoms with Crippen LogP contribution in [0.2, 0.25) is 5.02 Å². The molecule has 96 valence electrons. The van der Waals surface area contributed by atoms with Crippen molar-refractivity contribution in [1.29, 1.82) is 0 Å². The van der Waals surface area contributed by atoms with Gasteiger partial charge >= 0.3 is 0 Å². The number of fused-ring (bicyclic) bond motifs is 1. The van der Waals surface area contributed by atoms with Crippen LogP contribution in [0.25, 0.3) is 10.1 Å². The number of aliphatic hydroxyl groups is 1. The Morgan fingerprint density at radius 2 is 2.11 bits per heavy atom. The summed E-state index contributed by atoms with van der Waals surface area (Å²) in [5.41, 5.74) is -0.469. The van der Waals surface area contributed by atoms with Gasteiger partial charge in [0.2, 0.25) is 0 Å². The average molecular weight is 282 g/mol. The van der Waals surface area contributed by atoms with Crippen molar-refractivity contribution in [1.82, 2.24) is 5.32 Å². The molecule has 2 aromatic rings. The van der Waals surface area contributed by atoms with Gasteiger partial charge < -0.3 is 10.4 Å². The Kier molecular flexibility index (Phi) is 3.32. The molecule has 0 radical (unpaired) electrons. The second kappa shape index (κ2) is 4.82. The SMILES string of the molecule is OC1(CNCc2sc3ccccc3c2Cl)CCC1. The number of thiophene rings is 1. The lowest BCUT2D eigenvalue weighted by atomic mass is 9.80. The molecule has 0 amide bonds. The molecule has 0 atom stereocenters. The molecule has 1 aromatic carbocycles. The zero-order chi connectivity index (χ0) is 12.6. The lowest BCUT2D eigenvalue weighted by Gasteiger charge is -2.36. The third-order valence-electron chi connectivity index (χ3n) is 3.63. The molecule has 2 nitrogen and oxygen atoms in total. The van der Waals surface area contributed by atoms with Gasteiger partial charge in [0.1, 0.15) is 0 Å². The molecule has 1 heterocycles. The Balaban J connectivity index is 1.69. The van der Waals surface area contributed by atoms with Crippen molar-refractivity contribution >= 4 is 33.0 Å². The van der Waals surface area contributed by atoms with Crippen molar-refractivity contribution in [3.8, 4) is 0 Å². The molecular formula is C14H16ClNOS. The summed E-state index contributed by atoms with van der Waals surface area (Å²) in [5.74, 6) is 0. The first-order valence-corrected chi connectivity index (χ1v) is 7.46. The van der Waals surface area contributed by atoms with E-state index >= 15 is 0 Å². The van der Waals surface area contributed by atoms with Gasteiger partial charge in [0.25, 0.3) is 0 Å². The van der Waals surface area contributed by atoms with E-state index in [1.807, 2.05) is 12.1 Å². The highest BCUT2D eigenvalue weighted by Gasteiger charge is 2.33. The number of benzene rings is 1. The van der Waals surface area contributed by atoms with Crippen molar-refractivity contribution in [3.05, 3.63) is 34.2 Å². The predicted molar refractivity (Wildman–Crippen MR) is 77.3 cm³/mol. The Bertz CT molecular complexity index is 562. The molecule has 2 N–H and O–H groups in total. The summed E-state index contributed by atoms with van der Waals surface area (Å²) in [6.07, 6.45) is 2.97. The molecule has 0 bridgehead atoms. The summed E-state index contributed by atoms with van der Waals surface area (Å²) >= 11 is 8.09. The van der Waals surface area contributed by atoms with Crippen LogP contribution in [0.5, 0.6) is 0 Å². The summed E-state index contributed by atoms with van der Waals surface area (Å²) in [5, 5.41) is 15.3. The van der Waals surface area contributed by atoms with Gasteiger partial charge in [0.15, 0.2) is 0 Å². The van der Waals surface area contributed by atoms with E-state index < -0.39 is 5.60 Å². The van der Waals surface area contributed by atoms with Gasteiger partial charge in [-0.15, -0.1) is 11.3 Å². The van der Waals surface area contributed by atoms with Crippen LogP contribution in [0.1, 0.15) is 24.1 Å². The van der Waals surface area contributed by atoms with Gasteiger partial charge in [-0.3, -0.25) is 0 Å². The first-order chi connectivity index (χ1) is 8.68. The number of nitrogens with one attached hydrogen (secondary N) is 1. The summed E-state index contributed by atoms with van der Waals surface area (Å²) in [6.45, 7) is 1.40. The number of hydrogen-bond acceptors (Lipinski definition) is 3. The Hall–Kier alpha value is -0.610. The predicted octanol–water partition coefficient (Wildman–Crippen LogP) is 3.56. The highest BCUT2D eigenvalue weighted by molar-refractivity contribution is 7.19. The van der Waals surface area contributed by atoms with E-state index in [4.69, 9.17) is 11.6 Å². The van der Waals surface area contributed by atoms with Crippen LogP contribution in [0, 0.1) is 0 Å². The minimum absolute atomic E-state index is 0.469. The first kappa shape index (κ1) is 12.4. The fourth-order valence-corrected chi connectivity index (χ4v) is 3.82. The monoisotopic (exact) mass is 281 g/mol. The van der Waals surface area contributed by atoms with Gasteiger partial charge in [-0.1, -0.05) is 29.8 Å². The van der Waals surface area contributed by atoms with Crippen LogP contribution in [-0.4, -0.2) is 17.3 Å². The quantitative estimate of drug-likeness (QED) is 0.898. The Morgan fingerprint density at radius 3 is 2.78 bits per heavy atom. The first-order valence-electron chi connectivity index (χ1n) is 6.27. The molecule has 0 unspecified atom stereocenters. The van der Waals surface area contributed by atoms with E-state index in [9.17, 15) is 5.11 Å². The Labute approximate surface area is 116 Å². The molecule has 3 rings (SSSR count). The summed E-state index contributed by atoms with van der Waals surface area (Å²) in [4.78, 5) is 1.15. The van der Waals surface area contributed by atoms with Crippen LogP contribution in [0.15, 0.2) is 24.3 Å². The fourth-order valence-electron chi connectivity index (χ4n) is 2.35. The van der Waals surface area contributed by atoms with Gasteiger partial charge in [0.05, 0.1) is 10.6 Å². The molecule has 1 fully saturated rings. The molecule has 4 heteroatoms. The minimum Gasteiger partial charge on any atom is -0.389 e. The van der Waals surface area contributed by atoms with Gasteiger partial charge in [-0.2, -0.15) is 0 Å². The molecule has 1 aliphatic rings. The van der Waals surface area contributed by atoms with Crippen molar-refractivity contribution < 1.29 is 5.11 Å². The van der Waals surface area contributed by atoms with Crippen LogP contribution in [0.4, 0.5) is 0 Å². The highest BCUT2D eigenvalue weighted by atomic mass is 35.5. The molecule has 0 aliphatic heterocycles. The minimum atomic E-state index is -0.469. The van der Waals surface area contributed by atoms with E-state index in [1.54, 1.807) is 11.3 Å². The van der Waals surface area contributed by atoms with E-state index in [-0.39, 0.29) is 0 Å². The van der Waals surface area contributed by atoms with Gasteiger partial charge in [-0.25, -0.2) is 0 Å². The third kappa shape index (κ3) is 2.28. The number of hydrogen-bond donors (Lipinski definition) is 2. The Morgan fingerprint density at radius 1 is 1.33 bits per heavy atom. The second-order valence-corrected chi connectivity index (χ2v) is 6.53. The van der Waals surface area contributed by atoms with Crippen molar-refractivity contribution in [2.45, 2.75) is 31.4 Å². The lowest BCUT2D eigenvalue weighted by Crippen LogP contribution is -2.45. The van der Waals surface area contributed by atoms with Crippen molar-refractivity contribution in [2.75, 3.05) is 6.54 Å². The second-order valence-electron chi connectivity index (χ2n) is 5.02. The molecule has 18 heavy (non-hydrogen) atoms. The number of halogens is 1. The molecular weight excluding hydrogens is 266 g/mol. The fraction of sp³-hybridized carbons (Fsp3) is 0.429. The normalized spacial score (nSPS) is 17.9. The van der Waals surface area contributed by atoms with E-state index in [2.05, 4.69) is 17.4 Å². The smallest absolute Gasteiger partial charge is 0.0771 e. The van der Waals surface area contributed by atoms with E-state index in [0.717, 1.165) is 41.1 Å². The summed E-state index contributed by atoms with van der Waals surface area (Å²) in [6, 6.07) is 8.19. The molecule has 1 saturated carbocycles. The molecule has 1 aliphatic carbocycles. The third-order valence-corrected chi connectivity index (χ3v) is 5.34. The van der Waals surface area contributed by atoms with Crippen LogP contribution < -0.4 is 5.32 Å². The van der Waals surface area contributed by atoms with Gasteiger partial charge in [-0.05, 0) is 25.3 Å². The molecule has 0 saturated heterocycles.